The van der Waals surface area contributed by atoms with Crippen molar-refractivity contribution in [3.8, 4) is 0 Å². The number of fused-ring (bicyclic) bond motifs is 1. The number of carbonyl (C=O) groups excluding carboxylic acids is 1. The van der Waals surface area contributed by atoms with Crippen LogP contribution in [0.25, 0.3) is 0 Å². The number of nitrogens with one attached hydrogen (secondary N) is 1. The van der Waals surface area contributed by atoms with Crippen LogP contribution < -0.4 is 5.32 Å². The van der Waals surface area contributed by atoms with Gasteiger partial charge in [-0.05, 0) is 11.6 Å². The Hall–Kier alpha value is -1.58. The molecule has 0 saturated heterocycles. The summed E-state index contributed by atoms with van der Waals surface area (Å²) in [6.45, 7) is 3.79. The van der Waals surface area contributed by atoms with Gasteiger partial charge in [-0.15, -0.1) is 0 Å². The molecule has 0 unspecified atom stereocenters. The van der Waals surface area contributed by atoms with E-state index in [2.05, 4.69) is 5.32 Å². The van der Waals surface area contributed by atoms with Gasteiger partial charge in [0.15, 0.2) is 0 Å². The van der Waals surface area contributed by atoms with E-state index in [4.69, 9.17) is 4.74 Å². The Morgan fingerprint density at radius 2 is 2.19 bits per heavy atom. The Balaban J connectivity index is 2.49. The third-order valence-corrected chi connectivity index (χ3v) is 3.16. The molecule has 0 saturated carbocycles. The summed E-state index contributed by atoms with van der Waals surface area (Å²) in [5, 5.41) is 2.89. The van der Waals surface area contributed by atoms with Crippen molar-refractivity contribution < 1.29 is 13.9 Å². The molecule has 0 fully saturated rings. The minimum atomic E-state index is -0.538. The fourth-order valence-corrected chi connectivity index (χ4v) is 2.16. The average Bonchev–Trinajstić information content (AvgIpc) is 2.52. The first kappa shape index (κ1) is 10.9. The molecule has 0 aliphatic carbocycles. The number of ether oxygens (including phenoxy) is 1. The largest absolute Gasteiger partial charge is 0.467 e. The molecule has 1 N–H and O–H groups in total. The topological polar surface area (TPSA) is 38.3 Å². The van der Waals surface area contributed by atoms with Crippen LogP contribution in [0.4, 0.5) is 10.1 Å². The number of anilines is 1. The predicted octanol–water partition coefficient (Wildman–Crippen LogP) is 2.07. The number of halogens is 1. The van der Waals surface area contributed by atoms with E-state index in [1.165, 1.54) is 13.2 Å². The van der Waals surface area contributed by atoms with Gasteiger partial charge in [0.2, 0.25) is 0 Å². The molecule has 1 aromatic carbocycles. The SMILES string of the molecule is COC(=O)[C@@H]1Nc2c(F)cccc2C1(C)C. The van der Waals surface area contributed by atoms with Crippen molar-refractivity contribution in [3.63, 3.8) is 0 Å². The van der Waals surface area contributed by atoms with Gasteiger partial charge in [-0.25, -0.2) is 9.18 Å². The molecule has 1 aromatic rings. The van der Waals surface area contributed by atoms with Crippen LogP contribution in [-0.2, 0) is 14.9 Å². The summed E-state index contributed by atoms with van der Waals surface area (Å²) in [5.41, 5.74) is 0.746. The standard InChI is InChI=1S/C12H14FNO2/c1-12(2)7-5-4-6-8(13)9(7)14-10(12)11(15)16-3/h4-6,10,14H,1-3H3/t10-/m0/s1. The molecule has 1 heterocycles. The van der Waals surface area contributed by atoms with E-state index >= 15 is 0 Å². The Morgan fingerprint density at radius 3 is 2.75 bits per heavy atom. The number of para-hydroxylation sites is 1. The Bertz CT molecular complexity index is 443. The molecular formula is C12H14FNO2. The fraction of sp³-hybridized carbons (Fsp3) is 0.417. The van der Waals surface area contributed by atoms with E-state index in [9.17, 15) is 9.18 Å². The van der Waals surface area contributed by atoms with E-state index in [1.807, 2.05) is 19.9 Å². The van der Waals surface area contributed by atoms with Crippen molar-refractivity contribution in [1.82, 2.24) is 0 Å². The summed E-state index contributed by atoms with van der Waals surface area (Å²) in [4.78, 5) is 11.6. The van der Waals surface area contributed by atoms with Crippen LogP contribution in [0, 0.1) is 5.82 Å². The summed E-state index contributed by atoms with van der Waals surface area (Å²) >= 11 is 0. The molecule has 0 amide bonds. The second-order valence-electron chi connectivity index (χ2n) is 4.48. The van der Waals surface area contributed by atoms with Crippen molar-refractivity contribution in [2.45, 2.75) is 25.3 Å². The smallest absolute Gasteiger partial charge is 0.329 e. The molecule has 1 aliphatic heterocycles. The predicted molar refractivity (Wildman–Crippen MR) is 58.9 cm³/mol. The van der Waals surface area contributed by atoms with Gasteiger partial charge < -0.3 is 10.1 Å². The zero-order chi connectivity index (χ0) is 11.9. The van der Waals surface area contributed by atoms with Gasteiger partial charge in [0.1, 0.15) is 11.9 Å². The molecular weight excluding hydrogens is 209 g/mol. The molecule has 0 bridgehead atoms. The number of carbonyl (C=O) groups is 1. The normalized spacial score (nSPS) is 21.1. The number of benzene rings is 1. The zero-order valence-electron chi connectivity index (χ0n) is 9.50. The summed E-state index contributed by atoms with van der Waals surface area (Å²) in [6.07, 6.45) is 0. The Morgan fingerprint density at radius 1 is 1.50 bits per heavy atom. The van der Waals surface area contributed by atoms with E-state index in [0.29, 0.717) is 5.69 Å². The van der Waals surface area contributed by atoms with Crippen LogP contribution >= 0.6 is 0 Å². The fourth-order valence-electron chi connectivity index (χ4n) is 2.16. The summed E-state index contributed by atoms with van der Waals surface area (Å²) in [7, 11) is 1.33. The number of methoxy groups -OCH3 is 1. The average molecular weight is 223 g/mol. The molecule has 0 aromatic heterocycles. The first-order chi connectivity index (χ1) is 7.48. The van der Waals surface area contributed by atoms with Gasteiger partial charge in [-0.3, -0.25) is 0 Å². The molecule has 1 aliphatic rings. The van der Waals surface area contributed by atoms with Crippen LogP contribution in [0.2, 0.25) is 0 Å². The Kier molecular flexibility index (Phi) is 2.37. The van der Waals surface area contributed by atoms with Gasteiger partial charge in [-0.1, -0.05) is 26.0 Å². The summed E-state index contributed by atoms with van der Waals surface area (Å²) < 4.78 is 18.3. The molecule has 16 heavy (non-hydrogen) atoms. The lowest BCUT2D eigenvalue weighted by Crippen LogP contribution is -2.41. The second-order valence-corrected chi connectivity index (χ2v) is 4.48. The van der Waals surface area contributed by atoms with Crippen LogP contribution in [0.15, 0.2) is 18.2 Å². The molecule has 1 atom stereocenters. The maximum atomic E-state index is 13.6. The molecule has 0 radical (unpaired) electrons. The monoisotopic (exact) mass is 223 g/mol. The molecule has 0 spiro atoms. The summed E-state index contributed by atoms with van der Waals surface area (Å²) in [5.74, 6) is -0.711. The van der Waals surface area contributed by atoms with Crippen molar-refractivity contribution in [2.75, 3.05) is 12.4 Å². The van der Waals surface area contributed by atoms with Gasteiger partial charge >= 0.3 is 5.97 Å². The molecule has 3 nitrogen and oxygen atoms in total. The van der Waals surface area contributed by atoms with Crippen LogP contribution in [0.1, 0.15) is 19.4 Å². The van der Waals surface area contributed by atoms with Crippen molar-refractivity contribution in [2.24, 2.45) is 0 Å². The van der Waals surface area contributed by atoms with Gasteiger partial charge in [0.05, 0.1) is 12.8 Å². The highest BCUT2D eigenvalue weighted by Gasteiger charge is 2.45. The lowest BCUT2D eigenvalue weighted by Gasteiger charge is -2.25. The van der Waals surface area contributed by atoms with Gasteiger partial charge in [0.25, 0.3) is 0 Å². The Labute approximate surface area is 93.6 Å². The molecule has 4 heteroatoms. The number of rotatable bonds is 1. The van der Waals surface area contributed by atoms with E-state index in [0.717, 1.165) is 5.56 Å². The third-order valence-electron chi connectivity index (χ3n) is 3.16. The molecule has 86 valence electrons. The number of esters is 1. The second kappa shape index (κ2) is 3.47. The lowest BCUT2D eigenvalue weighted by atomic mass is 9.80. The quantitative estimate of drug-likeness (QED) is 0.741. The first-order valence-corrected chi connectivity index (χ1v) is 5.12. The minimum absolute atomic E-state index is 0.336. The highest BCUT2D eigenvalue weighted by molar-refractivity contribution is 5.85. The van der Waals surface area contributed by atoms with Crippen molar-refractivity contribution >= 4 is 11.7 Å². The maximum absolute atomic E-state index is 13.6. The number of hydrogen-bond donors (Lipinski definition) is 1. The summed E-state index contributed by atoms with van der Waals surface area (Å²) in [6, 6.07) is 4.32. The van der Waals surface area contributed by atoms with E-state index < -0.39 is 11.5 Å². The van der Waals surface area contributed by atoms with Gasteiger partial charge in [-0.2, -0.15) is 0 Å². The maximum Gasteiger partial charge on any atom is 0.329 e. The van der Waals surface area contributed by atoms with E-state index in [-0.39, 0.29) is 11.8 Å². The van der Waals surface area contributed by atoms with Gasteiger partial charge in [0, 0.05) is 5.41 Å². The lowest BCUT2D eigenvalue weighted by molar-refractivity contribution is -0.142. The highest BCUT2D eigenvalue weighted by atomic mass is 19.1. The third kappa shape index (κ3) is 1.37. The number of hydrogen-bond acceptors (Lipinski definition) is 3. The van der Waals surface area contributed by atoms with Crippen LogP contribution in [0.5, 0.6) is 0 Å². The van der Waals surface area contributed by atoms with Crippen LogP contribution in [-0.4, -0.2) is 19.1 Å². The molecule has 2 rings (SSSR count). The van der Waals surface area contributed by atoms with Crippen molar-refractivity contribution in [1.29, 1.82) is 0 Å². The first-order valence-electron chi connectivity index (χ1n) is 5.12. The highest BCUT2D eigenvalue weighted by Crippen LogP contribution is 2.42. The zero-order valence-corrected chi connectivity index (χ0v) is 9.50. The van der Waals surface area contributed by atoms with Crippen molar-refractivity contribution in [3.05, 3.63) is 29.6 Å². The van der Waals surface area contributed by atoms with E-state index in [1.54, 1.807) is 6.07 Å². The van der Waals surface area contributed by atoms with Crippen LogP contribution in [0.3, 0.4) is 0 Å². The minimum Gasteiger partial charge on any atom is -0.467 e.